The summed E-state index contributed by atoms with van der Waals surface area (Å²) in [6.45, 7) is 4.80. The molecule has 0 saturated carbocycles. The zero-order valence-corrected chi connectivity index (χ0v) is 15.5. The highest BCUT2D eigenvalue weighted by atomic mass is 32.2. The number of likely N-dealkylation sites (tertiary alicyclic amines) is 1. The standard InChI is InChI=1S/C17H22N4O4S/c1-11(2)21-10-12(9-15(21)22)17(23)19-8-7-18-16-13-5-3-4-6-14(13)26(24,25)20-16/h3-6,11-12H,7-10H2,1-2H3,(H,18,20)(H,19,23)/t12-/m1/s1. The van der Waals surface area contributed by atoms with Gasteiger partial charge in [-0.2, -0.15) is 0 Å². The molecule has 0 unspecified atom stereocenters. The number of carbonyl (C=O) groups excluding carboxylic acids is 2. The van der Waals surface area contributed by atoms with Gasteiger partial charge in [0.2, 0.25) is 11.8 Å². The van der Waals surface area contributed by atoms with Crippen LogP contribution in [0.15, 0.2) is 34.2 Å². The number of nitrogens with zero attached hydrogens (tertiary/aromatic N) is 2. The topological polar surface area (TPSA) is 108 Å². The third-order valence-electron chi connectivity index (χ3n) is 4.50. The summed E-state index contributed by atoms with van der Waals surface area (Å²) < 4.78 is 26.4. The third kappa shape index (κ3) is 3.57. The molecular formula is C17H22N4O4S. The predicted molar refractivity (Wildman–Crippen MR) is 96.1 cm³/mol. The van der Waals surface area contributed by atoms with Gasteiger partial charge in [-0.25, -0.2) is 8.42 Å². The van der Waals surface area contributed by atoms with Gasteiger partial charge in [-0.1, -0.05) is 12.1 Å². The number of nitrogens with one attached hydrogen (secondary N) is 2. The Morgan fingerprint density at radius 2 is 2.12 bits per heavy atom. The summed E-state index contributed by atoms with van der Waals surface area (Å²) in [5.74, 6) is -0.230. The maximum Gasteiger partial charge on any atom is 0.263 e. The van der Waals surface area contributed by atoms with Crippen LogP contribution in [0.5, 0.6) is 0 Å². The average molecular weight is 378 g/mol. The van der Waals surface area contributed by atoms with Gasteiger partial charge in [0.05, 0.1) is 17.4 Å². The van der Waals surface area contributed by atoms with Crippen LogP contribution in [0.3, 0.4) is 0 Å². The minimum Gasteiger partial charge on any atom is -0.354 e. The second kappa shape index (κ2) is 7.06. The summed E-state index contributed by atoms with van der Waals surface area (Å²) in [4.78, 5) is 30.2. The lowest BCUT2D eigenvalue weighted by Crippen LogP contribution is -2.36. The van der Waals surface area contributed by atoms with Crippen LogP contribution in [-0.2, 0) is 19.6 Å². The highest BCUT2D eigenvalue weighted by molar-refractivity contribution is 7.90. The summed E-state index contributed by atoms with van der Waals surface area (Å²) in [6, 6.07) is 6.71. The first-order valence-electron chi connectivity index (χ1n) is 8.53. The van der Waals surface area contributed by atoms with Crippen LogP contribution < -0.4 is 10.0 Å². The summed E-state index contributed by atoms with van der Waals surface area (Å²) in [5.41, 5.74) is 0.535. The number of rotatable bonds is 5. The van der Waals surface area contributed by atoms with E-state index in [0.29, 0.717) is 12.1 Å². The van der Waals surface area contributed by atoms with E-state index in [-0.39, 0.29) is 54.0 Å². The SMILES string of the molecule is CC(C)N1C[C@H](C(=O)NCCN=C2NS(=O)(=O)c3ccccc32)CC1=O. The monoisotopic (exact) mass is 378 g/mol. The van der Waals surface area contributed by atoms with Crippen LogP contribution in [-0.4, -0.2) is 56.6 Å². The number of fused-ring (bicyclic) bond motifs is 1. The first kappa shape index (κ1) is 18.4. The largest absolute Gasteiger partial charge is 0.354 e. The van der Waals surface area contributed by atoms with Crippen molar-refractivity contribution in [3.63, 3.8) is 0 Å². The Morgan fingerprint density at radius 3 is 2.81 bits per heavy atom. The van der Waals surface area contributed by atoms with Crippen LogP contribution >= 0.6 is 0 Å². The average Bonchev–Trinajstić information content (AvgIpc) is 3.10. The molecule has 2 N–H and O–H groups in total. The quantitative estimate of drug-likeness (QED) is 0.708. The lowest BCUT2D eigenvalue weighted by molar-refractivity contribution is -0.129. The number of hydrogen-bond donors (Lipinski definition) is 2. The van der Waals surface area contributed by atoms with Gasteiger partial charge in [-0.15, -0.1) is 0 Å². The van der Waals surface area contributed by atoms with E-state index in [9.17, 15) is 18.0 Å². The van der Waals surface area contributed by atoms with Gasteiger partial charge in [-0.05, 0) is 26.0 Å². The molecule has 8 nitrogen and oxygen atoms in total. The molecule has 2 amide bonds. The summed E-state index contributed by atoms with van der Waals surface area (Å²) >= 11 is 0. The Labute approximate surface area is 152 Å². The Hall–Kier alpha value is -2.42. The Balaban J connectivity index is 1.54. The molecule has 2 heterocycles. The lowest BCUT2D eigenvalue weighted by Gasteiger charge is -2.20. The summed E-state index contributed by atoms with van der Waals surface area (Å²) in [5, 5.41) is 2.77. The van der Waals surface area contributed by atoms with Gasteiger partial charge in [0, 0.05) is 31.1 Å². The molecular weight excluding hydrogens is 356 g/mol. The van der Waals surface area contributed by atoms with Gasteiger partial charge in [-0.3, -0.25) is 19.3 Å². The van der Waals surface area contributed by atoms with E-state index in [0.717, 1.165) is 0 Å². The maximum absolute atomic E-state index is 12.2. The molecule has 26 heavy (non-hydrogen) atoms. The van der Waals surface area contributed by atoms with Crippen molar-refractivity contribution in [1.29, 1.82) is 0 Å². The molecule has 0 aliphatic carbocycles. The van der Waals surface area contributed by atoms with Gasteiger partial charge in [0.25, 0.3) is 10.0 Å². The first-order chi connectivity index (χ1) is 12.3. The van der Waals surface area contributed by atoms with E-state index in [1.165, 1.54) is 6.07 Å². The fourth-order valence-electron chi connectivity index (χ4n) is 3.15. The first-order valence-corrected chi connectivity index (χ1v) is 10.0. The van der Waals surface area contributed by atoms with Gasteiger partial charge in [0.15, 0.2) is 0 Å². The molecule has 0 aromatic heterocycles. The molecule has 140 valence electrons. The third-order valence-corrected chi connectivity index (χ3v) is 5.89. The van der Waals surface area contributed by atoms with E-state index < -0.39 is 10.0 Å². The van der Waals surface area contributed by atoms with E-state index in [1.54, 1.807) is 23.1 Å². The molecule has 0 bridgehead atoms. The minimum absolute atomic E-state index is 0.00244. The fraction of sp³-hybridized carbons (Fsp3) is 0.471. The van der Waals surface area contributed by atoms with Crippen molar-refractivity contribution in [2.75, 3.05) is 19.6 Å². The van der Waals surface area contributed by atoms with E-state index in [1.807, 2.05) is 13.8 Å². The number of carbonyl (C=O) groups is 2. The van der Waals surface area contributed by atoms with Crippen LogP contribution in [0.4, 0.5) is 0 Å². The Kier molecular flexibility index (Phi) is 4.99. The number of amidine groups is 1. The lowest BCUT2D eigenvalue weighted by atomic mass is 10.1. The molecule has 1 aromatic carbocycles. The minimum atomic E-state index is -3.55. The summed E-state index contributed by atoms with van der Waals surface area (Å²) in [7, 11) is -3.55. The number of amides is 2. The molecule has 1 saturated heterocycles. The van der Waals surface area contributed by atoms with Crippen molar-refractivity contribution < 1.29 is 18.0 Å². The smallest absolute Gasteiger partial charge is 0.263 e. The van der Waals surface area contributed by atoms with E-state index in [2.05, 4.69) is 15.0 Å². The zero-order valence-electron chi connectivity index (χ0n) is 14.7. The predicted octanol–water partition coefficient (Wildman–Crippen LogP) is 0.0982. The van der Waals surface area contributed by atoms with E-state index >= 15 is 0 Å². The molecule has 1 atom stereocenters. The summed E-state index contributed by atoms with van der Waals surface area (Å²) in [6.07, 6.45) is 0.228. The molecule has 0 spiro atoms. The Morgan fingerprint density at radius 1 is 1.38 bits per heavy atom. The number of aliphatic imine (C=N–C) groups is 1. The molecule has 1 aromatic rings. The molecule has 9 heteroatoms. The fourth-order valence-corrected chi connectivity index (χ4v) is 4.40. The van der Waals surface area contributed by atoms with Crippen molar-refractivity contribution in [2.45, 2.75) is 31.2 Å². The molecule has 1 fully saturated rings. The number of benzene rings is 1. The van der Waals surface area contributed by atoms with Crippen molar-refractivity contribution in [3.8, 4) is 0 Å². The van der Waals surface area contributed by atoms with Crippen molar-refractivity contribution in [1.82, 2.24) is 14.9 Å². The highest BCUT2D eigenvalue weighted by Gasteiger charge is 2.35. The molecule has 3 rings (SSSR count). The second-order valence-corrected chi connectivity index (χ2v) is 8.31. The number of sulfonamides is 1. The number of hydrogen-bond acceptors (Lipinski definition) is 5. The van der Waals surface area contributed by atoms with Crippen LogP contribution in [0.25, 0.3) is 0 Å². The second-order valence-electron chi connectivity index (χ2n) is 6.66. The zero-order chi connectivity index (χ0) is 18.9. The Bertz CT molecular complexity index is 863. The van der Waals surface area contributed by atoms with Crippen molar-refractivity contribution >= 4 is 27.7 Å². The molecule has 0 radical (unpaired) electrons. The van der Waals surface area contributed by atoms with Crippen molar-refractivity contribution in [2.24, 2.45) is 10.9 Å². The van der Waals surface area contributed by atoms with Crippen LogP contribution in [0, 0.1) is 5.92 Å². The van der Waals surface area contributed by atoms with Crippen LogP contribution in [0.1, 0.15) is 25.8 Å². The van der Waals surface area contributed by atoms with Crippen molar-refractivity contribution in [3.05, 3.63) is 29.8 Å². The van der Waals surface area contributed by atoms with Crippen LogP contribution in [0.2, 0.25) is 0 Å². The molecule has 2 aliphatic rings. The van der Waals surface area contributed by atoms with Gasteiger partial charge in [0.1, 0.15) is 5.84 Å². The van der Waals surface area contributed by atoms with E-state index in [4.69, 9.17) is 0 Å². The normalized spacial score (nSPS) is 22.6. The highest BCUT2D eigenvalue weighted by Crippen LogP contribution is 2.22. The maximum atomic E-state index is 12.2. The molecule has 2 aliphatic heterocycles. The van der Waals surface area contributed by atoms with Gasteiger partial charge < -0.3 is 10.2 Å². The van der Waals surface area contributed by atoms with Gasteiger partial charge >= 0.3 is 0 Å².